The number of rotatable bonds is 3. The second-order valence-electron chi connectivity index (χ2n) is 7.15. The van der Waals surface area contributed by atoms with Crippen molar-refractivity contribution in [2.24, 2.45) is 0 Å². The molecular weight excluding hydrogens is 328 g/mol. The molecule has 0 bridgehead atoms. The predicted molar refractivity (Wildman–Crippen MR) is 99.0 cm³/mol. The van der Waals surface area contributed by atoms with Gasteiger partial charge in [0.15, 0.2) is 0 Å². The highest BCUT2D eigenvalue weighted by Crippen LogP contribution is 2.24. The third-order valence-corrected chi connectivity index (χ3v) is 5.18. The maximum atomic E-state index is 12.6. The number of amides is 2. The summed E-state index contributed by atoms with van der Waals surface area (Å²) in [6.07, 6.45) is 3.87. The summed E-state index contributed by atoms with van der Waals surface area (Å²) in [7, 11) is 0. The van der Waals surface area contributed by atoms with E-state index in [0.717, 1.165) is 48.6 Å². The first-order chi connectivity index (χ1) is 12.6. The number of anilines is 1. The van der Waals surface area contributed by atoms with E-state index in [-0.39, 0.29) is 11.8 Å². The average Bonchev–Trinajstić information content (AvgIpc) is 3.05. The molecule has 3 heterocycles. The molecule has 4 rings (SSSR count). The lowest BCUT2D eigenvalue weighted by atomic mass is 10.1. The fraction of sp³-hybridized carbons (Fsp3) is 0.450. The van der Waals surface area contributed by atoms with E-state index < -0.39 is 0 Å². The van der Waals surface area contributed by atoms with Crippen LogP contribution in [0.25, 0.3) is 0 Å². The summed E-state index contributed by atoms with van der Waals surface area (Å²) in [5, 5.41) is 4.44. The van der Waals surface area contributed by atoms with Gasteiger partial charge in [0.25, 0.3) is 5.91 Å². The lowest BCUT2D eigenvalue weighted by Crippen LogP contribution is -2.37. The number of hydrogen-bond donors (Lipinski definition) is 0. The van der Waals surface area contributed by atoms with E-state index in [1.54, 1.807) is 4.90 Å². The lowest BCUT2D eigenvalue weighted by Gasteiger charge is -2.28. The first-order valence-electron chi connectivity index (χ1n) is 9.35. The van der Waals surface area contributed by atoms with Gasteiger partial charge in [0.1, 0.15) is 5.82 Å². The Morgan fingerprint density at radius 1 is 1.08 bits per heavy atom. The Hall–Kier alpha value is -2.63. The second-order valence-corrected chi connectivity index (χ2v) is 7.15. The van der Waals surface area contributed by atoms with E-state index in [9.17, 15) is 9.59 Å². The maximum absolute atomic E-state index is 12.6. The van der Waals surface area contributed by atoms with Crippen molar-refractivity contribution in [3.05, 3.63) is 47.2 Å². The number of carbonyl (C=O) groups is 2. The third kappa shape index (κ3) is 3.23. The van der Waals surface area contributed by atoms with Gasteiger partial charge in [-0.2, -0.15) is 5.10 Å². The fourth-order valence-corrected chi connectivity index (χ4v) is 3.76. The quantitative estimate of drug-likeness (QED) is 0.853. The molecule has 1 aromatic heterocycles. The molecule has 136 valence electrons. The molecule has 2 amide bonds. The van der Waals surface area contributed by atoms with Crippen LogP contribution in [-0.4, -0.2) is 39.6 Å². The maximum Gasteiger partial charge on any atom is 0.253 e. The average molecular weight is 352 g/mol. The molecule has 2 aromatic rings. The minimum absolute atomic E-state index is 0.110. The van der Waals surface area contributed by atoms with Crippen LogP contribution in [0.15, 0.2) is 30.3 Å². The van der Waals surface area contributed by atoms with Gasteiger partial charge >= 0.3 is 0 Å². The molecule has 6 nitrogen and oxygen atoms in total. The van der Waals surface area contributed by atoms with Crippen molar-refractivity contribution in [2.75, 3.05) is 18.0 Å². The number of piperidine rings is 1. The molecule has 0 unspecified atom stereocenters. The van der Waals surface area contributed by atoms with Crippen LogP contribution in [0, 0.1) is 6.92 Å². The smallest absolute Gasteiger partial charge is 0.253 e. The summed E-state index contributed by atoms with van der Waals surface area (Å²) in [4.78, 5) is 28.7. The molecule has 0 aliphatic carbocycles. The van der Waals surface area contributed by atoms with Crippen LogP contribution >= 0.6 is 0 Å². The first-order valence-corrected chi connectivity index (χ1v) is 9.35. The van der Waals surface area contributed by atoms with Gasteiger partial charge < -0.3 is 4.90 Å². The van der Waals surface area contributed by atoms with Crippen molar-refractivity contribution in [1.29, 1.82) is 0 Å². The Bertz CT molecular complexity index is 819. The number of carbonyl (C=O) groups excluding carboxylic acids is 2. The molecule has 0 N–H and O–H groups in total. The van der Waals surface area contributed by atoms with Crippen molar-refractivity contribution >= 4 is 17.6 Å². The zero-order valence-electron chi connectivity index (χ0n) is 15.1. The Balaban J connectivity index is 1.49. The zero-order valence-corrected chi connectivity index (χ0v) is 15.1. The Kier molecular flexibility index (Phi) is 4.49. The number of likely N-dealkylation sites (tertiary alicyclic amines) is 1. The molecule has 6 heteroatoms. The molecule has 0 spiro atoms. The molecule has 2 aliphatic rings. The van der Waals surface area contributed by atoms with Gasteiger partial charge in [-0.05, 0) is 43.9 Å². The fourth-order valence-electron chi connectivity index (χ4n) is 3.76. The van der Waals surface area contributed by atoms with Crippen LogP contribution in [0.5, 0.6) is 0 Å². The monoisotopic (exact) mass is 352 g/mol. The molecule has 2 aliphatic heterocycles. The zero-order chi connectivity index (χ0) is 18.1. The van der Waals surface area contributed by atoms with E-state index in [1.165, 1.54) is 6.42 Å². The normalized spacial score (nSPS) is 17.3. The van der Waals surface area contributed by atoms with Gasteiger partial charge in [0, 0.05) is 31.1 Å². The summed E-state index contributed by atoms with van der Waals surface area (Å²) in [5.74, 6) is 1.08. The third-order valence-electron chi connectivity index (χ3n) is 5.18. The van der Waals surface area contributed by atoms with Crippen LogP contribution in [0.1, 0.15) is 47.3 Å². The number of hydrogen-bond acceptors (Lipinski definition) is 3. The molecule has 1 fully saturated rings. The molecule has 0 atom stereocenters. The van der Waals surface area contributed by atoms with Gasteiger partial charge in [0.2, 0.25) is 5.91 Å². The predicted octanol–water partition coefficient (Wildman–Crippen LogP) is 2.75. The van der Waals surface area contributed by atoms with Crippen LogP contribution in [0.4, 0.5) is 5.82 Å². The highest BCUT2D eigenvalue weighted by molar-refractivity contribution is 5.95. The topological polar surface area (TPSA) is 58.4 Å². The summed E-state index contributed by atoms with van der Waals surface area (Å²) >= 11 is 0. The lowest BCUT2D eigenvalue weighted by molar-refractivity contribution is -0.119. The van der Waals surface area contributed by atoms with Crippen LogP contribution in [-0.2, 0) is 17.9 Å². The molecule has 26 heavy (non-hydrogen) atoms. The number of nitrogens with zero attached hydrogens (tertiary/aromatic N) is 4. The number of benzene rings is 1. The minimum atomic E-state index is 0.110. The number of fused-ring (bicyclic) bond motifs is 1. The second kappa shape index (κ2) is 6.94. The molecular formula is C20H24N4O2. The Labute approximate surface area is 153 Å². The van der Waals surface area contributed by atoms with Crippen LogP contribution in [0.2, 0.25) is 0 Å². The van der Waals surface area contributed by atoms with Gasteiger partial charge in [-0.15, -0.1) is 0 Å². The number of aromatic nitrogens is 2. The summed E-state index contributed by atoms with van der Waals surface area (Å²) in [6.45, 7) is 4.79. The van der Waals surface area contributed by atoms with E-state index >= 15 is 0 Å². The van der Waals surface area contributed by atoms with Crippen molar-refractivity contribution in [2.45, 2.75) is 45.7 Å². The van der Waals surface area contributed by atoms with Gasteiger partial charge in [-0.25, -0.2) is 4.68 Å². The van der Waals surface area contributed by atoms with E-state index in [1.807, 2.05) is 46.8 Å². The van der Waals surface area contributed by atoms with E-state index in [2.05, 4.69) is 5.10 Å². The standard InChI is InChI=1S/C20H24N4O2/c1-15-13-18-23(19(25)9-12-24(18)21-15)14-16-5-7-17(8-6-16)20(26)22-10-3-2-4-11-22/h5-8,13H,2-4,9-12,14H2,1H3. The van der Waals surface area contributed by atoms with Gasteiger partial charge in [-0.3, -0.25) is 14.5 Å². The van der Waals surface area contributed by atoms with E-state index in [4.69, 9.17) is 0 Å². The first kappa shape index (κ1) is 16.8. The summed E-state index contributed by atoms with van der Waals surface area (Å²) in [6, 6.07) is 9.61. The van der Waals surface area contributed by atoms with Crippen molar-refractivity contribution in [3.8, 4) is 0 Å². The van der Waals surface area contributed by atoms with Crippen LogP contribution in [0.3, 0.4) is 0 Å². The summed E-state index contributed by atoms with van der Waals surface area (Å²) < 4.78 is 1.89. The van der Waals surface area contributed by atoms with Crippen molar-refractivity contribution in [1.82, 2.24) is 14.7 Å². The van der Waals surface area contributed by atoms with Gasteiger partial charge in [-0.1, -0.05) is 12.1 Å². The molecule has 1 saturated heterocycles. The van der Waals surface area contributed by atoms with Crippen molar-refractivity contribution < 1.29 is 9.59 Å². The van der Waals surface area contributed by atoms with Crippen LogP contribution < -0.4 is 4.90 Å². The van der Waals surface area contributed by atoms with Gasteiger partial charge in [0.05, 0.1) is 18.8 Å². The molecule has 0 radical (unpaired) electrons. The molecule has 1 aromatic carbocycles. The van der Waals surface area contributed by atoms with Crippen molar-refractivity contribution in [3.63, 3.8) is 0 Å². The highest BCUT2D eigenvalue weighted by Gasteiger charge is 2.26. The molecule has 0 saturated carbocycles. The Morgan fingerprint density at radius 3 is 2.54 bits per heavy atom. The largest absolute Gasteiger partial charge is 0.339 e. The number of aryl methyl sites for hydroxylation is 2. The van der Waals surface area contributed by atoms with E-state index in [0.29, 0.717) is 19.5 Å². The SMILES string of the molecule is Cc1cc2n(n1)CCC(=O)N2Cc1ccc(C(=O)N2CCCCC2)cc1. The highest BCUT2D eigenvalue weighted by atomic mass is 16.2. The summed E-state index contributed by atoms with van der Waals surface area (Å²) in [5.41, 5.74) is 2.66. The Morgan fingerprint density at radius 2 is 1.81 bits per heavy atom. The minimum Gasteiger partial charge on any atom is -0.339 e.